The molecular formula is C17H22N2O3S. The van der Waals surface area contributed by atoms with Crippen LogP contribution in [-0.4, -0.2) is 37.0 Å². The fourth-order valence-electron chi connectivity index (χ4n) is 2.37. The zero-order chi connectivity index (χ0) is 16.7. The largest absolute Gasteiger partial charge is 0.396 e. The molecule has 2 rings (SSSR count). The lowest BCUT2D eigenvalue weighted by Crippen LogP contribution is -2.51. The van der Waals surface area contributed by atoms with E-state index < -0.39 is 5.54 Å². The van der Waals surface area contributed by atoms with Crippen LogP contribution >= 0.6 is 11.3 Å². The Morgan fingerprint density at radius 3 is 2.83 bits per heavy atom. The number of urea groups is 1. The lowest BCUT2D eigenvalue weighted by Gasteiger charge is -2.29. The molecule has 5 nitrogen and oxygen atoms in total. The molecule has 0 aliphatic rings. The number of anilines is 1. The van der Waals surface area contributed by atoms with Gasteiger partial charge in [-0.2, -0.15) is 0 Å². The fourth-order valence-corrected chi connectivity index (χ4v) is 3.09. The van der Waals surface area contributed by atoms with Gasteiger partial charge < -0.3 is 20.5 Å². The van der Waals surface area contributed by atoms with Gasteiger partial charge >= 0.3 is 6.03 Å². The first kappa shape index (κ1) is 17.5. The van der Waals surface area contributed by atoms with Gasteiger partial charge in [-0.25, -0.2) is 4.79 Å². The summed E-state index contributed by atoms with van der Waals surface area (Å²) >= 11 is 1.65. The zero-order valence-electron chi connectivity index (χ0n) is 13.3. The van der Waals surface area contributed by atoms with Crippen LogP contribution in [0.3, 0.4) is 0 Å². The highest BCUT2D eigenvalue weighted by molar-refractivity contribution is 7.13. The molecule has 0 bridgehead atoms. The van der Waals surface area contributed by atoms with Crippen LogP contribution in [-0.2, 0) is 4.74 Å². The van der Waals surface area contributed by atoms with Crippen molar-refractivity contribution in [2.45, 2.75) is 18.9 Å². The molecule has 1 aromatic heterocycles. The molecule has 0 spiro atoms. The summed E-state index contributed by atoms with van der Waals surface area (Å²) in [6, 6.07) is 11.4. The topological polar surface area (TPSA) is 70.6 Å². The number of carbonyl (C=O) groups is 1. The van der Waals surface area contributed by atoms with Crippen LogP contribution < -0.4 is 10.6 Å². The molecule has 0 saturated carbocycles. The maximum Gasteiger partial charge on any atom is 0.319 e. The van der Waals surface area contributed by atoms with E-state index in [0.717, 1.165) is 16.1 Å². The summed E-state index contributed by atoms with van der Waals surface area (Å²) in [5.74, 6) is 0. The van der Waals surface area contributed by atoms with Gasteiger partial charge in [0.05, 0.1) is 12.1 Å². The molecule has 0 fully saturated rings. The third kappa shape index (κ3) is 5.06. The summed E-state index contributed by atoms with van der Waals surface area (Å²) in [5, 5.41) is 16.9. The highest BCUT2D eigenvalue weighted by Gasteiger charge is 2.25. The van der Waals surface area contributed by atoms with E-state index in [0.29, 0.717) is 13.0 Å². The van der Waals surface area contributed by atoms with Crippen LogP contribution in [0.2, 0.25) is 0 Å². The minimum atomic E-state index is -0.612. The van der Waals surface area contributed by atoms with E-state index in [2.05, 4.69) is 10.6 Å². The Hall–Kier alpha value is -1.89. The van der Waals surface area contributed by atoms with E-state index in [1.807, 2.05) is 48.7 Å². The maximum absolute atomic E-state index is 12.2. The smallest absolute Gasteiger partial charge is 0.319 e. The van der Waals surface area contributed by atoms with Crippen LogP contribution in [0, 0.1) is 0 Å². The Morgan fingerprint density at radius 2 is 2.17 bits per heavy atom. The lowest BCUT2D eigenvalue weighted by atomic mass is 10.00. The molecule has 1 atom stereocenters. The number of ether oxygens (including phenoxy) is 1. The second-order valence-electron chi connectivity index (χ2n) is 5.60. The van der Waals surface area contributed by atoms with Gasteiger partial charge in [0, 0.05) is 24.3 Å². The number of aliphatic hydroxyl groups is 1. The first-order valence-corrected chi connectivity index (χ1v) is 8.27. The summed E-state index contributed by atoms with van der Waals surface area (Å²) in [4.78, 5) is 13.4. The Balaban J connectivity index is 2.04. The Kier molecular flexibility index (Phi) is 6.15. The zero-order valence-corrected chi connectivity index (χ0v) is 14.2. The van der Waals surface area contributed by atoms with Crippen molar-refractivity contribution in [3.63, 3.8) is 0 Å². The monoisotopic (exact) mass is 334 g/mol. The minimum absolute atomic E-state index is 0.0198. The van der Waals surface area contributed by atoms with Crippen LogP contribution in [0.4, 0.5) is 10.5 Å². The summed E-state index contributed by atoms with van der Waals surface area (Å²) in [7, 11) is 1.57. The fraction of sp³-hybridized carbons (Fsp3) is 0.353. The lowest BCUT2D eigenvalue weighted by molar-refractivity contribution is 0.104. The number of amides is 2. The number of hydrogen-bond donors (Lipinski definition) is 3. The van der Waals surface area contributed by atoms with E-state index >= 15 is 0 Å². The van der Waals surface area contributed by atoms with E-state index in [1.165, 1.54) is 0 Å². The molecule has 124 valence electrons. The molecule has 0 aliphatic heterocycles. The second-order valence-corrected chi connectivity index (χ2v) is 6.55. The predicted molar refractivity (Wildman–Crippen MR) is 93.9 cm³/mol. The van der Waals surface area contributed by atoms with Crippen LogP contribution in [0.15, 0.2) is 41.8 Å². The van der Waals surface area contributed by atoms with Crippen molar-refractivity contribution in [1.82, 2.24) is 5.32 Å². The average molecular weight is 334 g/mol. The van der Waals surface area contributed by atoms with Gasteiger partial charge in [0.25, 0.3) is 0 Å². The number of thiophene rings is 1. The van der Waals surface area contributed by atoms with Crippen LogP contribution in [0.25, 0.3) is 10.4 Å². The first-order chi connectivity index (χ1) is 11.1. The van der Waals surface area contributed by atoms with Crippen LogP contribution in [0.1, 0.15) is 13.3 Å². The highest BCUT2D eigenvalue weighted by Crippen LogP contribution is 2.26. The predicted octanol–water partition coefficient (Wildman–Crippen LogP) is 3.32. The SMILES string of the molecule is COC[C@](C)(CCO)NC(=O)Nc1cccc(-c2cccs2)c1. The number of methoxy groups -OCH3 is 1. The molecule has 0 radical (unpaired) electrons. The summed E-state index contributed by atoms with van der Waals surface area (Å²) in [5.41, 5.74) is 1.17. The second kappa shape index (κ2) is 8.10. The molecule has 23 heavy (non-hydrogen) atoms. The standard InChI is InChI=1S/C17H22N2O3S/c1-17(8-9-20,12-22-2)19-16(21)18-14-6-3-5-13(11-14)15-7-4-10-23-15/h3-7,10-11,20H,8-9,12H2,1-2H3,(H2,18,19,21)/t17-/m0/s1. The van der Waals surface area contributed by atoms with Gasteiger partial charge in [0.2, 0.25) is 0 Å². The van der Waals surface area contributed by atoms with Gasteiger partial charge in [0.1, 0.15) is 0 Å². The van der Waals surface area contributed by atoms with E-state index in [-0.39, 0.29) is 12.6 Å². The van der Waals surface area contributed by atoms with Gasteiger partial charge in [-0.3, -0.25) is 0 Å². The van der Waals surface area contributed by atoms with Crippen molar-refractivity contribution in [3.05, 3.63) is 41.8 Å². The van der Waals surface area contributed by atoms with Gasteiger partial charge in [-0.05, 0) is 42.5 Å². The van der Waals surface area contributed by atoms with Crippen molar-refractivity contribution < 1.29 is 14.6 Å². The highest BCUT2D eigenvalue weighted by atomic mass is 32.1. The van der Waals surface area contributed by atoms with Crippen molar-refractivity contribution in [2.75, 3.05) is 25.6 Å². The molecule has 2 amide bonds. The molecule has 6 heteroatoms. The van der Waals surface area contributed by atoms with E-state index in [4.69, 9.17) is 9.84 Å². The van der Waals surface area contributed by atoms with Crippen molar-refractivity contribution in [2.24, 2.45) is 0 Å². The summed E-state index contributed by atoms with van der Waals surface area (Å²) < 4.78 is 5.13. The number of hydrogen-bond acceptors (Lipinski definition) is 4. The molecule has 3 N–H and O–H groups in total. The number of benzene rings is 1. The quantitative estimate of drug-likeness (QED) is 0.727. The van der Waals surface area contributed by atoms with Crippen molar-refractivity contribution >= 4 is 23.1 Å². The van der Waals surface area contributed by atoms with Crippen LogP contribution in [0.5, 0.6) is 0 Å². The third-order valence-electron chi connectivity index (χ3n) is 3.47. The van der Waals surface area contributed by atoms with Crippen molar-refractivity contribution in [1.29, 1.82) is 0 Å². The summed E-state index contributed by atoms with van der Waals surface area (Å²) in [6.07, 6.45) is 0.420. The minimum Gasteiger partial charge on any atom is -0.396 e. The van der Waals surface area contributed by atoms with Gasteiger partial charge in [-0.15, -0.1) is 11.3 Å². The molecule has 0 saturated heterocycles. The molecule has 1 heterocycles. The molecular weight excluding hydrogens is 312 g/mol. The van der Waals surface area contributed by atoms with E-state index in [9.17, 15) is 4.79 Å². The average Bonchev–Trinajstić information content (AvgIpc) is 3.01. The van der Waals surface area contributed by atoms with E-state index in [1.54, 1.807) is 18.4 Å². The third-order valence-corrected chi connectivity index (χ3v) is 4.39. The first-order valence-electron chi connectivity index (χ1n) is 7.39. The Morgan fingerprint density at radius 1 is 1.35 bits per heavy atom. The van der Waals surface area contributed by atoms with Gasteiger partial charge in [0.15, 0.2) is 0 Å². The van der Waals surface area contributed by atoms with Gasteiger partial charge in [-0.1, -0.05) is 18.2 Å². The number of nitrogens with one attached hydrogen (secondary N) is 2. The maximum atomic E-state index is 12.2. The normalized spacial score (nSPS) is 13.3. The Bertz CT molecular complexity index is 623. The molecule has 2 aromatic rings. The molecule has 0 aliphatic carbocycles. The number of aliphatic hydroxyl groups excluding tert-OH is 1. The number of carbonyl (C=O) groups excluding carboxylic acids is 1. The van der Waals surface area contributed by atoms with Crippen molar-refractivity contribution in [3.8, 4) is 10.4 Å². The molecule has 0 unspecified atom stereocenters. The summed E-state index contributed by atoms with van der Waals surface area (Å²) in [6.45, 7) is 2.15. The number of rotatable bonds is 7. The molecule has 1 aromatic carbocycles. The Labute approximate surface area is 140 Å².